The number of methoxy groups -OCH3 is 1. The van der Waals surface area contributed by atoms with Crippen LogP contribution in [0.5, 0.6) is 0 Å². The van der Waals surface area contributed by atoms with Crippen LogP contribution in [0.15, 0.2) is 0 Å². The first-order valence-corrected chi connectivity index (χ1v) is 6.04. The van der Waals surface area contributed by atoms with Gasteiger partial charge in [0.25, 0.3) is 0 Å². The molecule has 0 aliphatic carbocycles. The SMILES string of the molecule is CCNC(C1CCOC1)C(C)(CC)OC. The molecule has 0 amide bonds. The molecule has 0 aromatic rings. The van der Waals surface area contributed by atoms with Crippen molar-refractivity contribution in [1.29, 1.82) is 0 Å². The molecule has 3 heteroatoms. The van der Waals surface area contributed by atoms with Crippen LogP contribution in [0.25, 0.3) is 0 Å². The van der Waals surface area contributed by atoms with Gasteiger partial charge in [-0.15, -0.1) is 0 Å². The Kier molecular flexibility index (Phi) is 5.03. The average molecular weight is 215 g/mol. The van der Waals surface area contributed by atoms with E-state index in [-0.39, 0.29) is 5.60 Å². The van der Waals surface area contributed by atoms with Gasteiger partial charge in [0.2, 0.25) is 0 Å². The van der Waals surface area contributed by atoms with Gasteiger partial charge in [0, 0.05) is 25.7 Å². The summed E-state index contributed by atoms with van der Waals surface area (Å²) >= 11 is 0. The first-order chi connectivity index (χ1) is 7.18. The summed E-state index contributed by atoms with van der Waals surface area (Å²) in [5.41, 5.74) is -0.0750. The van der Waals surface area contributed by atoms with E-state index in [0.29, 0.717) is 12.0 Å². The Morgan fingerprint density at radius 2 is 2.27 bits per heavy atom. The molecule has 0 aromatic heterocycles. The van der Waals surface area contributed by atoms with Gasteiger partial charge in [-0.05, 0) is 26.3 Å². The van der Waals surface area contributed by atoms with Crippen LogP contribution in [0, 0.1) is 5.92 Å². The van der Waals surface area contributed by atoms with Crippen LogP contribution in [0.3, 0.4) is 0 Å². The van der Waals surface area contributed by atoms with Gasteiger partial charge in [-0.25, -0.2) is 0 Å². The molecule has 15 heavy (non-hydrogen) atoms. The van der Waals surface area contributed by atoms with Crippen molar-refractivity contribution >= 4 is 0 Å². The minimum Gasteiger partial charge on any atom is -0.381 e. The smallest absolute Gasteiger partial charge is 0.0803 e. The molecule has 1 fully saturated rings. The van der Waals surface area contributed by atoms with Gasteiger partial charge in [0.1, 0.15) is 0 Å². The summed E-state index contributed by atoms with van der Waals surface area (Å²) < 4.78 is 11.2. The van der Waals surface area contributed by atoms with E-state index in [1.54, 1.807) is 0 Å². The Morgan fingerprint density at radius 1 is 1.53 bits per heavy atom. The lowest BCUT2D eigenvalue weighted by Gasteiger charge is -2.39. The zero-order chi connectivity index (χ0) is 11.3. The summed E-state index contributed by atoms with van der Waals surface area (Å²) in [6, 6.07) is 0.403. The maximum Gasteiger partial charge on any atom is 0.0803 e. The zero-order valence-corrected chi connectivity index (χ0v) is 10.5. The molecule has 0 radical (unpaired) electrons. The van der Waals surface area contributed by atoms with Crippen molar-refractivity contribution in [2.24, 2.45) is 5.92 Å². The first kappa shape index (κ1) is 12.9. The Hall–Kier alpha value is -0.120. The molecular weight excluding hydrogens is 190 g/mol. The van der Waals surface area contributed by atoms with Crippen LogP contribution < -0.4 is 5.32 Å². The van der Waals surface area contributed by atoms with Crippen molar-refractivity contribution in [3.63, 3.8) is 0 Å². The van der Waals surface area contributed by atoms with Gasteiger partial charge in [0.05, 0.1) is 12.2 Å². The topological polar surface area (TPSA) is 30.5 Å². The molecule has 1 rings (SSSR count). The number of hydrogen-bond acceptors (Lipinski definition) is 3. The van der Waals surface area contributed by atoms with Crippen LogP contribution in [0.1, 0.15) is 33.6 Å². The van der Waals surface area contributed by atoms with Crippen molar-refractivity contribution < 1.29 is 9.47 Å². The molecule has 1 heterocycles. The molecule has 1 aliphatic rings. The number of nitrogens with one attached hydrogen (secondary N) is 1. The number of hydrogen-bond donors (Lipinski definition) is 1. The van der Waals surface area contributed by atoms with E-state index in [4.69, 9.17) is 9.47 Å². The van der Waals surface area contributed by atoms with Gasteiger partial charge in [-0.1, -0.05) is 13.8 Å². The molecule has 3 unspecified atom stereocenters. The second-order valence-electron chi connectivity index (χ2n) is 4.53. The second-order valence-corrected chi connectivity index (χ2v) is 4.53. The van der Waals surface area contributed by atoms with Crippen molar-refractivity contribution in [2.45, 2.75) is 45.3 Å². The van der Waals surface area contributed by atoms with Crippen LogP contribution >= 0.6 is 0 Å². The van der Waals surface area contributed by atoms with Crippen LogP contribution in [-0.2, 0) is 9.47 Å². The minimum absolute atomic E-state index is 0.0750. The highest BCUT2D eigenvalue weighted by atomic mass is 16.5. The molecule has 0 spiro atoms. The Balaban J connectivity index is 2.69. The second kappa shape index (κ2) is 5.83. The van der Waals surface area contributed by atoms with Gasteiger partial charge >= 0.3 is 0 Å². The highest BCUT2D eigenvalue weighted by Gasteiger charge is 2.39. The standard InChI is InChI=1S/C12H25NO2/c1-5-12(3,14-4)11(13-6-2)10-7-8-15-9-10/h10-11,13H,5-9H2,1-4H3. The Morgan fingerprint density at radius 3 is 2.67 bits per heavy atom. The molecule has 90 valence electrons. The Bertz CT molecular complexity index is 174. The lowest BCUT2D eigenvalue weighted by Crippen LogP contribution is -2.54. The van der Waals surface area contributed by atoms with E-state index >= 15 is 0 Å². The maximum atomic E-state index is 5.70. The third-order valence-corrected chi connectivity index (χ3v) is 3.69. The van der Waals surface area contributed by atoms with Crippen LogP contribution in [-0.4, -0.2) is 38.5 Å². The molecular formula is C12H25NO2. The van der Waals surface area contributed by atoms with E-state index < -0.39 is 0 Å². The van der Waals surface area contributed by atoms with Gasteiger partial charge in [-0.2, -0.15) is 0 Å². The quantitative estimate of drug-likeness (QED) is 0.733. The van der Waals surface area contributed by atoms with Gasteiger partial charge < -0.3 is 14.8 Å². The molecule has 0 bridgehead atoms. The summed E-state index contributed by atoms with van der Waals surface area (Å²) in [6.45, 7) is 9.28. The van der Waals surface area contributed by atoms with Crippen molar-refractivity contribution in [3.8, 4) is 0 Å². The Labute approximate surface area is 93.5 Å². The predicted molar refractivity (Wildman–Crippen MR) is 62.1 cm³/mol. The normalized spacial score (nSPS) is 27.6. The lowest BCUT2D eigenvalue weighted by atomic mass is 9.83. The van der Waals surface area contributed by atoms with E-state index in [0.717, 1.165) is 32.6 Å². The van der Waals surface area contributed by atoms with E-state index in [2.05, 4.69) is 26.1 Å². The zero-order valence-electron chi connectivity index (χ0n) is 10.5. The van der Waals surface area contributed by atoms with E-state index in [9.17, 15) is 0 Å². The average Bonchev–Trinajstić information content (AvgIpc) is 2.78. The van der Waals surface area contributed by atoms with Crippen LogP contribution in [0.4, 0.5) is 0 Å². The maximum absolute atomic E-state index is 5.70. The fourth-order valence-corrected chi connectivity index (χ4v) is 2.41. The largest absolute Gasteiger partial charge is 0.381 e. The third-order valence-electron chi connectivity index (χ3n) is 3.69. The molecule has 0 saturated carbocycles. The number of rotatable bonds is 6. The predicted octanol–water partition coefficient (Wildman–Crippen LogP) is 1.82. The first-order valence-electron chi connectivity index (χ1n) is 6.04. The van der Waals surface area contributed by atoms with Gasteiger partial charge in [0.15, 0.2) is 0 Å². The van der Waals surface area contributed by atoms with Crippen molar-refractivity contribution in [3.05, 3.63) is 0 Å². The molecule has 0 aromatic carbocycles. The third kappa shape index (κ3) is 2.92. The van der Waals surface area contributed by atoms with Crippen molar-refractivity contribution in [1.82, 2.24) is 5.32 Å². The van der Waals surface area contributed by atoms with Crippen molar-refractivity contribution in [2.75, 3.05) is 26.9 Å². The summed E-state index contributed by atoms with van der Waals surface area (Å²) in [7, 11) is 1.81. The number of ether oxygens (including phenoxy) is 2. The molecule has 3 nitrogen and oxygen atoms in total. The van der Waals surface area contributed by atoms with Crippen LogP contribution in [0.2, 0.25) is 0 Å². The fourth-order valence-electron chi connectivity index (χ4n) is 2.41. The summed E-state index contributed by atoms with van der Waals surface area (Å²) in [5, 5.41) is 3.56. The molecule has 1 N–H and O–H groups in total. The monoisotopic (exact) mass is 215 g/mol. The number of likely N-dealkylation sites (N-methyl/N-ethyl adjacent to an activating group) is 1. The lowest BCUT2D eigenvalue weighted by molar-refractivity contribution is -0.0458. The van der Waals surface area contributed by atoms with E-state index in [1.807, 2.05) is 7.11 Å². The van der Waals surface area contributed by atoms with Gasteiger partial charge in [-0.3, -0.25) is 0 Å². The minimum atomic E-state index is -0.0750. The molecule has 1 saturated heterocycles. The highest BCUT2D eigenvalue weighted by Crippen LogP contribution is 2.29. The summed E-state index contributed by atoms with van der Waals surface area (Å²) in [5.74, 6) is 0.592. The highest BCUT2D eigenvalue weighted by molar-refractivity contribution is 4.94. The van der Waals surface area contributed by atoms with E-state index in [1.165, 1.54) is 0 Å². The molecule has 3 atom stereocenters. The molecule has 1 aliphatic heterocycles. The summed E-state index contributed by atoms with van der Waals surface area (Å²) in [4.78, 5) is 0. The fraction of sp³-hybridized carbons (Fsp3) is 1.00. The summed E-state index contributed by atoms with van der Waals surface area (Å²) in [6.07, 6.45) is 2.17.